The number of halogens is 3. The van der Waals surface area contributed by atoms with E-state index in [0.717, 1.165) is 0 Å². The van der Waals surface area contributed by atoms with Gasteiger partial charge < -0.3 is 5.32 Å². The molecule has 2 rings (SSSR count). The summed E-state index contributed by atoms with van der Waals surface area (Å²) in [4.78, 5) is 12.0. The van der Waals surface area contributed by atoms with Gasteiger partial charge in [-0.15, -0.1) is 0 Å². The van der Waals surface area contributed by atoms with Crippen LogP contribution in [0.4, 0.5) is 10.1 Å². The third-order valence-electron chi connectivity index (χ3n) is 2.53. The first kappa shape index (κ1) is 14.5. The van der Waals surface area contributed by atoms with Gasteiger partial charge in [0.05, 0.1) is 26.8 Å². The number of benzene rings is 2. The number of nitriles is 1. The average Bonchev–Trinajstić information content (AvgIpc) is 2.43. The Bertz CT molecular complexity index is 728. The summed E-state index contributed by atoms with van der Waals surface area (Å²) in [5, 5.41) is 11.6. The van der Waals surface area contributed by atoms with E-state index in [0.29, 0.717) is 16.8 Å². The van der Waals surface area contributed by atoms with Crippen LogP contribution in [0.5, 0.6) is 0 Å². The van der Waals surface area contributed by atoms with Crippen LogP contribution < -0.4 is 5.32 Å². The molecule has 1 N–H and O–H groups in total. The molecule has 2 aromatic carbocycles. The van der Waals surface area contributed by atoms with Crippen molar-refractivity contribution < 1.29 is 9.18 Å². The number of rotatable bonds is 2. The van der Waals surface area contributed by atoms with Gasteiger partial charge in [-0.1, -0.05) is 11.6 Å². The minimum atomic E-state index is -0.446. The van der Waals surface area contributed by atoms with Gasteiger partial charge in [0.1, 0.15) is 5.82 Å². The van der Waals surface area contributed by atoms with Gasteiger partial charge in [-0.2, -0.15) is 5.26 Å². The Morgan fingerprint density at radius 2 is 2.05 bits per heavy atom. The predicted octanol–water partition coefficient (Wildman–Crippen LogP) is 4.37. The number of nitrogens with one attached hydrogen (secondary N) is 1. The number of carbonyl (C=O) groups is 1. The highest BCUT2D eigenvalue weighted by Crippen LogP contribution is 2.24. The number of amides is 1. The Hall–Kier alpha value is -1.90. The predicted molar refractivity (Wildman–Crippen MR) is 78.2 cm³/mol. The van der Waals surface area contributed by atoms with E-state index in [2.05, 4.69) is 21.2 Å². The monoisotopic (exact) mass is 352 g/mol. The molecule has 0 aliphatic rings. The van der Waals surface area contributed by atoms with E-state index in [-0.39, 0.29) is 9.50 Å². The Morgan fingerprint density at radius 3 is 2.65 bits per heavy atom. The van der Waals surface area contributed by atoms with Crippen molar-refractivity contribution in [1.82, 2.24) is 0 Å². The molecule has 2 aromatic rings. The smallest absolute Gasteiger partial charge is 0.255 e. The fraction of sp³-hybridized carbons (Fsp3) is 0. The van der Waals surface area contributed by atoms with Crippen LogP contribution in [0.2, 0.25) is 5.02 Å². The van der Waals surface area contributed by atoms with Crippen LogP contribution in [0.1, 0.15) is 15.9 Å². The molecule has 0 saturated heterocycles. The van der Waals surface area contributed by atoms with E-state index in [1.807, 2.05) is 6.07 Å². The Labute approximate surface area is 128 Å². The van der Waals surface area contributed by atoms with E-state index in [9.17, 15) is 9.18 Å². The van der Waals surface area contributed by atoms with Crippen LogP contribution in [0, 0.1) is 17.1 Å². The molecule has 0 aliphatic carbocycles. The normalized spacial score (nSPS) is 9.90. The molecule has 0 saturated carbocycles. The van der Waals surface area contributed by atoms with Gasteiger partial charge in [-0.05, 0) is 52.3 Å². The first-order chi connectivity index (χ1) is 9.51. The van der Waals surface area contributed by atoms with Gasteiger partial charge in [0, 0.05) is 5.56 Å². The lowest BCUT2D eigenvalue weighted by molar-refractivity contribution is 0.102. The highest BCUT2D eigenvalue weighted by atomic mass is 79.9. The molecule has 0 unspecified atom stereocenters. The number of anilines is 1. The van der Waals surface area contributed by atoms with Crippen molar-refractivity contribution in [3.05, 3.63) is 62.8 Å². The maximum Gasteiger partial charge on any atom is 0.255 e. The summed E-state index contributed by atoms with van der Waals surface area (Å²) >= 11 is 8.98. The van der Waals surface area contributed by atoms with Crippen LogP contribution >= 0.6 is 27.5 Å². The third-order valence-corrected chi connectivity index (χ3v) is 3.45. The van der Waals surface area contributed by atoms with Crippen molar-refractivity contribution in [2.45, 2.75) is 0 Å². The molecule has 0 aromatic heterocycles. The molecule has 0 bridgehead atoms. The average molecular weight is 354 g/mol. The minimum absolute atomic E-state index is 0.205. The summed E-state index contributed by atoms with van der Waals surface area (Å²) in [6, 6.07) is 10.4. The van der Waals surface area contributed by atoms with Gasteiger partial charge in [0.2, 0.25) is 0 Å². The molecule has 6 heteroatoms. The number of carbonyl (C=O) groups excluding carboxylic acids is 1. The van der Waals surface area contributed by atoms with Crippen LogP contribution in [0.25, 0.3) is 0 Å². The fourth-order valence-corrected chi connectivity index (χ4v) is 2.12. The molecule has 0 heterocycles. The second kappa shape index (κ2) is 6.04. The van der Waals surface area contributed by atoms with Crippen molar-refractivity contribution in [3.63, 3.8) is 0 Å². The summed E-state index contributed by atoms with van der Waals surface area (Å²) < 4.78 is 13.3. The fourth-order valence-electron chi connectivity index (χ4n) is 1.52. The topological polar surface area (TPSA) is 52.9 Å². The molecular formula is C14H7BrClFN2O. The Morgan fingerprint density at radius 1 is 1.30 bits per heavy atom. The van der Waals surface area contributed by atoms with Gasteiger partial charge in [0.25, 0.3) is 5.91 Å². The summed E-state index contributed by atoms with van der Waals surface area (Å²) in [7, 11) is 0. The highest BCUT2D eigenvalue weighted by molar-refractivity contribution is 9.10. The van der Waals surface area contributed by atoms with Gasteiger partial charge in [0.15, 0.2) is 0 Å². The largest absolute Gasteiger partial charge is 0.321 e. The van der Waals surface area contributed by atoms with Crippen LogP contribution in [-0.4, -0.2) is 5.91 Å². The first-order valence-electron chi connectivity index (χ1n) is 5.47. The van der Waals surface area contributed by atoms with E-state index >= 15 is 0 Å². The van der Waals surface area contributed by atoms with E-state index < -0.39 is 11.7 Å². The molecule has 0 atom stereocenters. The summed E-state index contributed by atoms with van der Waals surface area (Å²) in [5.41, 5.74) is 1.08. The standard InChI is InChI=1S/C14H7BrClFN2O/c15-10-6-9(2-3-12(10)17)14(20)19-13-4-1-8(7-18)5-11(13)16/h1-6H,(H,19,20). The van der Waals surface area contributed by atoms with Crippen molar-refractivity contribution in [2.75, 3.05) is 5.32 Å². The van der Waals surface area contributed by atoms with Gasteiger partial charge >= 0.3 is 0 Å². The molecule has 0 aliphatic heterocycles. The summed E-state index contributed by atoms with van der Waals surface area (Å²) in [6.45, 7) is 0. The number of nitrogens with zero attached hydrogens (tertiary/aromatic N) is 1. The Balaban J connectivity index is 2.23. The van der Waals surface area contributed by atoms with Gasteiger partial charge in [-0.3, -0.25) is 4.79 Å². The van der Waals surface area contributed by atoms with Crippen LogP contribution in [-0.2, 0) is 0 Å². The first-order valence-corrected chi connectivity index (χ1v) is 6.64. The van der Waals surface area contributed by atoms with E-state index in [1.165, 1.54) is 30.3 Å². The molecule has 0 fully saturated rings. The van der Waals surface area contributed by atoms with Crippen LogP contribution in [0.3, 0.4) is 0 Å². The second-order valence-electron chi connectivity index (χ2n) is 3.89. The molecule has 100 valence electrons. The zero-order chi connectivity index (χ0) is 14.7. The maximum atomic E-state index is 13.1. The minimum Gasteiger partial charge on any atom is -0.321 e. The molecule has 1 amide bonds. The molecule has 0 spiro atoms. The molecule has 20 heavy (non-hydrogen) atoms. The van der Waals surface area contributed by atoms with Crippen LogP contribution in [0.15, 0.2) is 40.9 Å². The lowest BCUT2D eigenvalue weighted by atomic mass is 10.2. The van der Waals surface area contributed by atoms with Crippen molar-refractivity contribution in [3.8, 4) is 6.07 Å². The molecular weight excluding hydrogens is 347 g/mol. The highest BCUT2D eigenvalue weighted by Gasteiger charge is 2.11. The maximum absolute atomic E-state index is 13.1. The summed E-state index contributed by atoms with van der Waals surface area (Å²) in [6.07, 6.45) is 0. The number of hydrogen-bond acceptors (Lipinski definition) is 2. The van der Waals surface area contributed by atoms with E-state index in [1.54, 1.807) is 6.07 Å². The van der Waals surface area contributed by atoms with Gasteiger partial charge in [-0.25, -0.2) is 4.39 Å². The second-order valence-corrected chi connectivity index (χ2v) is 5.15. The van der Waals surface area contributed by atoms with Crippen molar-refractivity contribution in [1.29, 1.82) is 5.26 Å². The van der Waals surface area contributed by atoms with E-state index in [4.69, 9.17) is 16.9 Å². The lowest BCUT2D eigenvalue weighted by Gasteiger charge is -2.08. The number of hydrogen-bond donors (Lipinski definition) is 1. The zero-order valence-electron chi connectivity index (χ0n) is 9.95. The molecule has 3 nitrogen and oxygen atoms in total. The SMILES string of the molecule is N#Cc1ccc(NC(=O)c2ccc(F)c(Br)c2)c(Cl)c1. The lowest BCUT2D eigenvalue weighted by Crippen LogP contribution is -2.12. The van der Waals surface area contributed by atoms with Crippen molar-refractivity contribution in [2.24, 2.45) is 0 Å². The van der Waals surface area contributed by atoms with Crippen molar-refractivity contribution >= 4 is 39.1 Å². The summed E-state index contributed by atoms with van der Waals surface area (Å²) in [5.74, 6) is -0.865. The zero-order valence-corrected chi connectivity index (χ0v) is 12.3. The third kappa shape index (κ3) is 3.16. The quantitative estimate of drug-likeness (QED) is 0.872. The Kier molecular flexibility index (Phi) is 4.38. The molecule has 0 radical (unpaired) electrons.